The van der Waals surface area contributed by atoms with Gasteiger partial charge in [-0.25, -0.2) is 14.4 Å². The average Bonchev–Trinajstić information content (AvgIpc) is 3.87. The van der Waals surface area contributed by atoms with Gasteiger partial charge in [0.25, 0.3) is 0 Å². The van der Waals surface area contributed by atoms with Gasteiger partial charge < -0.3 is 51.3 Å². The van der Waals surface area contributed by atoms with E-state index in [4.69, 9.17) is 4.74 Å². The van der Waals surface area contributed by atoms with Crippen LogP contribution in [0.3, 0.4) is 0 Å². The fourth-order valence-corrected chi connectivity index (χ4v) is 6.05. The topological polar surface area (TPSA) is 194 Å². The Morgan fingerprint density at radius 2 is 0.761 bits per heavy atom. The molecule has 1 aliphatic heterocycles. The van der Waals surface area contributed by atoms with E-state index in [1.807, 2.05) is 185 Å². The van der Waals surface area contributed by atoms with Crippen molar-refractivity contribution in [2.24, 2.45) is 11.8 Å². The van der Waals surface area contributed by atoms with Crippen molar-refractivity contribution < 1.29 is 33.5 Å². The predicted molar refractivity (Wildman–Crippen MR) is 300 cm³/mol. The van der Waals surface area contributed by atoms with Gasteiger partial charge in [0.1, 0.15) is 0 Å². The molecule has 0 radical (unpaired) electrons. The zero-order valence-electron chi connectivity index (χ0n) is 51.6. The highest BCUT2D eigenvalue weighted by molar-refractivity contribution is 5.81. The monoisotopic (exact) mass is 1020 g/mol. The molecule has 2 aliphatic carbocycles. The lowest BCUT2D eigenvalue weighted by Crippen LogP contribution is -2.53. The molecular formula is C55H117N9O7. The minimum atomic E-state index is -0.168. The van der Waals surface area contributed by atoms with E-state index in [1.165, 1.54) is 24.7 Å². The molecule has 3 fully saturated rings. The standard InChI is InChI=1S/C11H24N2O.C10H19NO.C9H18N2O2.C8H15NO.C7H16N2O.C6H13NO.2C2H6/c1-8(2)13(9(3)4)10(14)12-11(5,6)7;1-10(2,3)11-9(12)8-6-4-5-7-8;1-9(2,3)10-8(12)11-4-6-13-7-5-11;1-8(2,3)9-7(10)6-4-5-6;1-7(2,3)8-6(10)9(4)5;1-5(8)7-6(2,3)4;2*1-2/h8-9H,1-7H3,(H,12,14);8H,4-7H2,1-3H3,(H,11,12);4-7H2,1-3H3,(H,10,12);6H,4-5H2,1-3H3,(H,9,10);1-5H3,(H,8,10);1-4H3,(H,7,8);2*1-2H3. The molecule has 3 rings (SSSR count). The van der Waals surface area contributed by atoms with Crippen LogP contribution in [0.4, 0.5) is 14.4 Å². The van der Waals surface area contributed by atoms with Gasteiger partial charge in [-0.3, -0.25) is 14.4 Å². The van der Waals surface area contributed by atoms with Crippen molar-refractivity contribution in [1.29, 1.82) is 0 Å². The molecule has 3 aliphatic rings. The maximum Gasteiger partial charge on any atom is 0.318 e. The summed E-state index contributed by atoms with van der Waals surface area (Å²) in [4.78, 5) is 72.6. The minimum absolute atomic E-state index is 0.0100. The molecule has 0 atom stereocenters. The number of hydrogen-bond acceptors (Lipinski definition) is 7. The molecule has 424 valence electrons. The molecular weight excluding hydrogens is 899 g/mol. The zero-order valence-corrected chi connectivity index (χ0v) is 51.6. The molecule has 1 heterocycles. The maximum absolute atomic E-state index is 11.9. The summed E-state index contributed by atoms with van der Waals surface area (Å²) >= 11 is 0. The Morgan fingerprint density at radius 3 is 0.986 bits per heavy atom. The van der Waals surface area contributed by atoms with E-state index in [9.17, 15) is 28.8 Å². The van der Waals surface area contributed by atoms with Crippen LogP contribution in [-0.4, -0.2) is 136 Å². The second-order valence-corrected chi connectivity index (χ2v) is 24.8. The molecule has 71 heavy (non-hydrogen) atoms. The average molecular weight is 1020 g/mol. The number of ether oxygens (including phenoxy) is 1. The Morgan fingerprint density at radius 1 is 0.465 bits per heavy atom. The normalized spacial score (nSPS) is 14.7. The van der Waals surface area contributed by atoms with Gasteiger partial charge in [0.05, 0.1) is 13.2 Å². The van der Waals surface area contributed by atoms with Crippen LogP contribution in [0, 0.1) is 11.8 Å². The zero-order chi connectivity index (χ0) is 57.5. The largest absolute Gasteiger partial charge is 0.378 e. The first kappa shape index (κ1) is 76.1. The third-order valence-electron chi connectivity index (χ3n) is 8.72. The first-order valence-electron chi connectivity index (χ1n) is 26.5. The number of urea groups is 3. The molecule has 2 saturated carbocycles. The molecule has 0 aromatic rings. The van der Waals surface area contributed by atoms with Crippen molar-refractivity contribution in [2.75, 3.05) is 40.4 Å². The molecule has 0 aromatic carbocycles. The number of rotatable bonds is 4. The summed E-state index contributed by atoms with van der Waals surface area (Å²) in [5.41, 5.74) is -0.666. The summed E-state index contributed by atoms with van der Waals surface area (Å²) in [5.74, 6) is 1.13. The smallest absolute Gasteiger partial charge is 0.318 e. The number of amides is 9. The number of carbonyl (C=O) groups is 6. The minimum Gasteiger partial charge on any atom is -0.378 e. The van der Waals surface area contributed by atoms with Crippen molar-refractivity contribution in [3.63, 3.8) is 0 Å². The second kappa shape index (κ2) is 36.2. The van der Waals surface area contributed by atoms with Gasteiger partial charge >= 0.3 is 18.1 Å². The second-order valence-electron chi connectivity index (χ2n) is 24.8. The summed E-state index contributed by atoms with van der Waals surface area (Å²) in [6.45, 7) is 56.1. The Hall–Kier alpha value is -3.82. The number of hydrogen-bond donors (Lipinski definition) is 6. The van der Waals surface area contributed by atoms with Crippen LogP contribution in [0.5, 0.6) is 0 Å². The van der Waals surface area contributed by atoms with Crippen LogP contribution in [0.1, 0.15) is 225 Å². The first-order chi connectivity index (χ1) is 31.9. The van der Waals surface area contributed by atoms with E-state index in [0.717, 1.165) is 25.7 Å². The van der Waals surface area contributed by atoms with E-state index in [1.54, 1.807) is 19.0 Å². The van der Waals surface area contributed by atoms with Crippen LogP contribution >= 0.6 is 0 Å². The fourth-order valence-electron chi connectivity index (χ4n) is 6.05. The van der Waals surface area contributed by atoms with Crippen molar-refractivity contribution >= 4 is 35.8 Å². The molecule has 0 aromatic heterocycles. The van der Waals surface area contributed by atoms with E-state index < -0.39 is 0 Å². The number of morpholine rings is 1. The summed E-state index contributed by atoms with van der Waals surface area (Å²) in [7, 11) is 3.45. The Kier molecular flexibility index (Phi) is 38.8. The summed E-state index contributed by atoms with van der Waals surface area (Å²) in [6, 6.07) is 0.445. The van der Waals surface area contributed by atoms with Crippen LogP contribution < -0.4 is 31.9 Å². The van der Waals surface area contributed by atoms with Gasteiger partial charge in [0, 0.05) is 91.3 Å². The first-order valence-corrected chi connectivity index (χ1v) is 26.5. The van der Waals surface area contributed by atoms with Gasteiger partial charge in [0.15, 0.2) is 0 Å². The molecule has 0 spiro atoms. The Labute approximate surface area is 437 Å². The summed E-state index contributed by atoms with van der Waals surface area (Å²) in [6.07, 6.45) is 6.79. The third kappa shape index (κ3) is 52.3. The highest BCUT2D eigenvalue weighted by Crippen LogP contribution is 2.29. The summed E-state index contributed by atoms with van der Waals surface area (Å²) < 4.78 is 5.16. The molecule has 16 nitrogen and oxygen atoms in total. The third-order valence-corrected chi connectivity index (χ3v) is 8.72. The van der Waals surface area contributed by atoms with Gasteiger partial charge in [0.2, 0.25) is 17.7 Å². The van der Waals surface area contributed by atoms with E-state index in [2.05, 4.69) is 31.9 Å². The van der Waals surface area contributed by atoms with E-state index in [0.29, 0.717) is 38.1 Å². The van der Waals surface area contributed by atoms with Crippen LogP contribution in [-0.2, 0) is 19.1 Å². The molecule has 16 heteroatoms. The Balaban J connectivity index is -0.000000244. The van der Waals surface area contributed by atoms with Gasteiger partial charge in [-0.2, -0.15) is 0 Å². The van der Waals surface area contributed by atoms with Crippen LogP contribution in [0.2, 0.25) is 0 Å². The highest BCUT2D eigenvalue weighted by Gasteiger charge is 2.31. The van der Waals surface area contributed by atoms with Gasteiger partial charge in [-0.1, -0.05) is 40.5 Å². The van der Waals surface area contributed by atoms with Crippen molar-refractivity contribution in [3.05, 3.63) is 0 Å². The molecule has 9 amide bonds. The van der Waals surface area contributed by atoms with Crippen LogP contribution in [0.15, 0.2) is 0 Å². The maximum atomic E-state index is 11.9. The van der Waals surface area contributed by atoms with Gasteiger partial charge in [-0.05, 0) is 178 Å². The Bertz CT molecular complexity index is 1430. The fraction of sp³-hybridized carbons (Fsp3) is 0.891. The van der Waals surface area contributed by atoms with Gasteiger partial charge in [-0.15, -0.1) is 0 Å². The van der Waals surface area contributed by atoms with Crippen molar-refractivity contribution in [3.8, 4) is 0 Å². The van der Waals surface area contributed by atoms with E-state index in [-0.39, 0.29) is 81.1 Å². The number of nitrogens with zero attached hydrogens (tertiary/aromatic N) is 3. The number of nitrogens with one attached hydrogen (secondary N) is 6. The highest BCUT2D eigenvalue weighted by atomic mass is 16.5. The molecule has 6 N–H and O–H groups in total. The van der Waals surface area contributed by atoms with E-state index >= 15 is 0 Å². The SMILES string of the molecule is CC.CC.CC(=O)NC(C)(C)C.CC(C)(C)NC(=O)C1CC1.CC(C)(C)NC(=O)C1CCCC1.CC(C)(C)NC(=O)N1CCOCC1.CC(C)N(C(=O)NC(C)(C)C)C(C)C.CN(C)C(=O)NC(C)(C)C. The lowest BCUT2D eigenvalue weighted by Gasteiger charge is -2.34. The molecule has 0 bridgehead atoms. The quantitative estimate of drug-likeness (QED) is 0.161. The lowest BCUT2D eigenvalue weighted by atomic mass is 10.0. The molecule has 0 unspecified atom stereocenters. The number of carbonyl (C=O) groups excluding carboxylic acids is 6. The van der Waals surface area contributed by atoms with Crippen molar-refractivity contribution in [2.45, 2.75) is 271 Å². The lowest BCUT2D eigenvalue weighted by molar-refractivity contribution is -0.126. The van der Waals surface area contributed by atoms with Crippen molar-refractivity contribution in [1.82, 2.24) is 46.6 Å². The van der Waals surface area contributed by atoms with Crippen LogP contribution in [0.25, 0.3) is 0 Å². The molecule has 1 saturated heterocycles. The summed E-state index contributed by atoms with van der Waals surface area (Å²) in [5, 5.41) is 17.4. The predicted octanol–water partition coefficient (Wildman–Crippen LogP) is 10.9.